The lowest BCUT2D eigenvalue weighted by Gasteiger charge is -2.36. The highest BCUT2D eigenvalue weighted by Gasteiger charge is 2.37. The molecule has 3 heterocycles. The van der Waals surface area contributed by atoms with Crippen LogP contribution < -0.4 is 10.6 Å². The van der Waals surface area contributed by atoms with E-state index in [9.17, 15) is 9.18 Å². The summed E-state index contributed by atoms with van der Waals surface area (Å²) >= 11 is 0. The van der Waals surface area contributed by atoms with Crippen LogP contribution >= 0.6 is 0 Å². The normalized spacial score (nSPS) is 27.4. The Morgan fingerprint density at radius 1 is 1.42 bits per heavy atom. The smallest absolute Gasteiger partial charge is 0.220 e. The lowest BCUT2D eigenvalue weighted by Crippen LogP contribution is -2.57. The molecule has 2 saturated heterocycles. The Balaban J connectivity index is 1.62. The van der Waals surface area contributed by atoms with Gasteiger partial charge < -0.3 is 19.9 Å². The van der Waals surface area contributed by atoms with E-state index in [0.717, 1.165) is 25.0 Å². The van der Waals surface area contributed by atoms with Crippen LogP contribution in [-0.4, -0.2) is 40.3 Å². The first-order valence-electron chi connectivity index (χ1n) is 8.42. The summed E-state index contributed by atoms with van der Waals surface area (Å²) in [6.45, 7) is 0.737. The van der Waals surface area contributed by atoms with Crippen LogP contribution in [0.2, 0.25) is 0 Å². The molecule has 2 N–H and O–H groups in total. The summed E-state index contributed by atoms with van der Waals surface area (Å²) in [5.74, 6) is 0.340. The molecule has 1 amide bonds. The molecule has 1 aromatic heterocycles. The highest BCUT2D eigenvalue weighted by atomic mass is 19.1. The first-order chi connectivity index (χ1) is 11.6. The van der Waals surface area contributed by atoms with Gasteiger partial charge in [-0.25, -0.2) is 9.37 Å². The second-order valence-electron chi connectivity index (χ2n) is 6.54. The minimum absolute atomic E-state index is 0.0179. The summed E-state index contributed by atoms with van der Waals surface area (Å²) in [6, 6.07) is 4.87. The third-order valence-electron chi connectivity index (χ3n) is 4.99. The molecule has 1 unspecified atom stereocenters. The van der Waals surface area contributed by atoms with Gasteiger partial charge in [0.15, 0.2) is 5.82 Å². The molecule has 0 aliphatic carbocycles. The van der Waals surface area contributed by atoms with Gasteiger partial charge in [-0.2, -0.15) is 0 Å². The average Bonchev–Trinajstić information content (AvgIpc) is 3.20. The summed E-state index contributed by atoms with van der Waals surface area (Å²) in [4.78, 5) is 16.2. The molecule has 0 radical (unpaired) electrons. The predicted octanol–water partition coefficient (Wildman–Crippen LogP) is 1.95. The number of halogens is 1. The number of fused-ring (bicyclic) bond motifs is 1. The molecule has 0 saturated carbocycles. The van der Waals surface area contributed by atoms with E-state index in [4.69, 9.17) is 4.74 Å². The number of imidazole rings is 1. The molecule has 2 aromatic rings. The highest BCUT2D eigenvalue weighted by molar-refractivity contribution is 5.80. The molecule has 2 aliphatic rings. The van der Waals surface area contributed by atoms with Gasteiger partial charge in [0.1, 0.15) is 5.52 Å². The number of para-hydroxylation sites is 1. The van der Waals surface area contributed by atoms with Gasteiger partial charge in [-0.15, -0.1) is 0 Å². The summed E-state index contributed by atoms with van der Waals surface area (Å²) < 4.78 is 21.6. The Bertz CT molecular complexity index is 769. The van der Waals surface area contributed by atoms with Crippen LogP contribution in [0.1, 0.15) is 25.7 Å². The molecule has 128 valence electrons. The van der Waals surface area contributed by atoms with E-state index in [-0.39, 0.29) is 29.9 Å². The molecule has 2 aliphatic heterocycles. The Hall–Kier alpha value is -2.15. The fourth-order valence-corrected chi connectivity index (χ4v) is 3.70. The van der Waals surface area contributed by atoms with Crippen molar-refractivity contribution in [2.75, 3.05) is 11.9 Å². The van der Waals surface area contributed by atoms with Crippen LogP contribution in [0, 0.1) is 5.82 Å². The van der Waals surface area contributed by atoms with Crippen LogP contribution in [0.4, 0.5) is 10.3 Å². The van der Waals surface area contributed by atoms with Crippen molar-refractivity contribution in [2.24, 2.45) is 7.05 Å². The van der Waals surface area contributed by atoms with Gasteiger partial charge in [-0.3, -0.25) is 4.79 Å². The van der Waals surface area contributed by atoms with E-state index in [1.165, 1.54) is 6.07 Å². The third-order valence-corrected chi connectivity index (χ3v) is 4.99. The Labute approximate surface area is 139 Å². The number of nitrogens with one attached hydrogen (secondary N) is 2. The second kappa shape index (κ2) is 6.05. The minimum Gasteiger partial charge on any atom is -0.376 e. The van der Waals surface area contributed by atoms with Gasteiger partial charge in [0.25, 0.3) is 0 Å². The van der Waals surface area contributed by atoms with E-state index >= 15 is 0 Å². The minimum atomic E-state index is -0.330. The summed E-state index contributed by atoms with van der Waals surface area (Å²) in [6.07, 6.45) is 3.17. The van der Waals surface area contributed by atoms with Gasteiger partial charge in [0.05, 0.1) is 23.7 Å². The maximum Gasteiger partial charge on any atom is 0.220 e. The van der Waals surface area contributed by atoms with Crippen molar-refractivity contribution in [3.8, 4) is 0 Å². The van der Waals surface area contributed by atoms with E-state index in [1.807, 2.05) is 17.7 Å². The molecule has 3 atom stereocenters. The van der Waals surface area contributed by atoms with Crippen LogP contribution in [0.15, 0.2) is 18.2 Å². The van der Waals surface area contributed by atoms with Crippen molar-refractivity contribution >= 4 is 22.9 Å². The maximum atomic E-state index is 14.0. The van der Waals surface area contributed by atoms with E-state index < -0.39 is 0 Å². The number of carbonyl (C=O) groups is 1. The molecule has 0 spiro atoms. The van der Waals surface area contributed by atoms with Crippen LogP contribution in [-0.2, 0) is 16.6 Å². The fraction of sp³-hybridized carbons (Fsp3) is 0.529. The standard InChI is InChI=1S/C17H21FN4O2/c1-22-12-5-2-4-10(18)15(12)21-17(22)19-11-7-8-14(23)20-16(11)13-6-3-9-24-13/h2,4-5,11,13,16H,3,6-9H2,1H3,(H,19,21)(H,20,23)/t11-,13?,16-/m0/s1. The molecule has 1 aromatic carbocycles. The summed E-state index contributed by atoms with van der Waals surface area (Å²) in [5.41, 5.74) is 1.10. The number of rotatable bonds is 3. The Morgan fingerprint density at radius 2 is 2.29 bits per heavy atom. The van der Waals surface area contributed by atoms with Gasteiger partial charge in [-0.05, 0) is 31.4 Å². The quantitative estimate of drug-likeness (QED) is 0.901. The van der Waals surface area contributed by atoms with Crippen LogP contribution in [0.25, 0.3) is 11.0 Å². The molecule has 24 heavy (non-hydrogen) atoms. The fourth-order valence-electron chi connectivity index (χ4n) is 3.70. The zero-order valence-corrected chi connectivity index (χ0v) is 13.6. The van der Waals surface area contributed by atoms with E-state index in [0.29, 0.717) is 24.3 Å². The number of amides is 1. The number of hydrogen-bond donors (Lipinski definition) is 2. The first-order valence-corrected chi connectivity index (χ1v) is 8.42. The molecule has 6 nitrogen and oxygen atoms in total. The summed E-state index contributed by atoms with van der Waals surface area (Å²) in [7, 11) is 1.86. The van der Waals surface area contributed by atoms with Crippen molar-refractivity contribution in [1.29, 1.82) is 0 Å². The molecular weight excluding hydrogens is 311 g/mol. The molecule has 4 rings (SSSR count). The van der Waals surface area contributed by atoms with Crippen molar-refractivity contribution in [2.45, 2.75) is 43.9 Å². The molecule has 2 fully saturated rings. The van der Waals surface area contributed by atoms with Crippen molar-refractivity contribution < 1.29 is 13.9 Å². The molecular formula is C17H21FN4O2. The van der Waals surface area contributed by atoms with Crippen molar-refractivity contribution in [1.82, 2.24) is 14.9 Å². The predicted molar refractivity (Wildman–Crippen MR) is 88.2 cm³/mol. The van der Waals surface area contributed by atoms with Gasteiger partial charge >= 0.3 is 0 Å². The number of piperidine rings is 1. The monoisotopic (exact) mass is 332 g/mol. The number of anilines is 1. The lowest BCUT2D eigenvalue weighted by molar-refractivity contribution is -0.124. The topological polar surface area (TPSA) is 68.2 Å². The third kappa shape index (κ3) is 2.62. The number of aryl methyl sites for hydroxylation is 1. The summed E-state index contributed by atoms with van der Waals surface area (Å²) in [5, 5.41) is 6.46. The number of ether oxygens (including phenoxy) is 1. The largest absolute Gasteiger partial charge is 0.376 e. The zero-order valence-electron chi connectivity index (χ0n) is 13.6. The van der Waals surface area contributed by atoms with Gasteiger partial charge in [0, 0.05) is 20.1 Å². The maximum absolute atomic E-state index is 14.0. The van der Waals surface area contributed by atoms with E-state index in [1.54, 1.807) is 6.07 Å². The average molecular weight is 332 g/mol. The Kier molecular flexibility index (Phi) is 3.88. The highest BCUT2D eigenvalue weighted by Crippen LogP contribution is 2.26. The number of nitrogens with zero attached hydrogens (tertiary/aromatic N) is 2. The molecule has 0 bridgehead atoms. The SMILES string of the molecule is Cn1c(N[C@H]2CCC(=O)N[C@@H]2C2CCCO2)nc2c(F)cccc21. The zero-order chi connectivity index (χ0) is 16.7. The van der Waals surface area contributed by atoms with Gasteiger partial charge in [0.2, 0.25) is 11.9 Å². The number of carbonyl (C=O) groups excluding carboxylic acids is 1. The van der Waals surface area contributed by atoms with Crippen LogP contribution in [0.5, 0.6) is 0 Å². The molecule has 7 heteroatoms. The van der Waals surface area contributed by atoms with E-state index in [2.05, 4.69) is 15.6 Å². The number of benzene rings is 1. The van der Waals surface area contributed by atoms with Crippen LogP contribution in [0.3, 0.4) is 0 Å². The van der Waals surface area contributed by atoms with Crippen molar-refractivity contribution in [3.05, 3.63) is 24.0 Å². The number of aromatic nitrogens is 2. The number of hydrogen-bond acceptors (Lipinski definition) is 4. The lowest BCUT2D eigenvalue weighted by atomic mass is 9.92. The van der Waals surface area contributed by atoms with Gasteiger partial charge in [-0.1, -0.05) is 6.07 Å². The van der Waals surface area contributed by atoms with Crippen molar-refractivity contribution in [3.63, 3.8) is 0 Å². The Morgan fingerprint density at radius 3 is 3.04 bits per heavy atom. The first kappa shape index (κ1) is 15.4. The second-order valence-corrected chi connectivity index (χ2v) is 6.54.